The molecule has 3 nitrogen and oxygen atoms in total. The Morgan fingerprint density at radius 3 is 2.45 bits per heavy atom. The quantitative estimate of drug-likeness (QED) is 0.784. The van der Waals surface area contributed by atoms with Gasteiger partial charge in [-0.2, -0.15) is 0 Å². The molecule has 0 fully saturated rings. The van der Waals surface area contributed by atoms with Gasteiger partial charge in [0.15, 0.2) is 0 Å². The van der Waals surface area contributed by atoms with Crippen LogP contribution < -0.4 is 10.6 Å². The second kappa shape index (κ2) is 8.88. The van der Waals surface area contributed by atoms with E-state index in [1.54, 1.807) is 0 Å². The maximum Gasteiger partial charge on any atom is 0.221 e. The molecule has 22 heavy (non-hydrogen) atoms. The number of rotatable bonds is 8. The zero-order valence-electron chi connectivity index (χ0n) is 13.1. The zero-order chi connectivity index (χ0) is 15.6. The fourth-order valence-corrected chi connectivity index (χ4v) is 2.39. The summed E-state index contributed by atoms with van der Waals surface area (Å²) in [4.78, 5) is 11.8. The standard InChI is InChI=1S/C19H24N2O/c1-2-17-10-6-7-11-18(17)20-15-13-19(22)21-14-12-16-8-4-3-5-9-16/h3-11,20H,2,12-15H2,1H3,(H,21,22). The molecule has 0 aromatic heterocycles. The normalized spacial score (nSPS) is 10.2. The number of anilines is 1. The van der Waals surface area contributed by atoms with E-state index in [9.17, 15) is 4.79 Å². The van der Waals surface area contributed by atoms with Crippen molar-refractivity contribution >= 4 is 11.6 Å². The van der Waals surface area contributed by atoms with Gasteiger partial charge in [-0.05, 0) is 30.0 Å². The number of carbonyl (C=O) groups is 1. The summed E-state index contributed by atoms with van der Waals surface area (Å²) in [6.07, 6.45) is 2.36. The van der Waals surface area contributed by atoms with Crippen LogP contribution in [0.5, 0.6) is 0 Å². The number of benzene rings is 2. The molecule has 0 spiro atoms. The molecule has 0 radical (unpaired) electrons. The Labute approximate surface area is 132 Å². The maximum atomic E-state index is 11.8. The van der Waals surface area contributed by atoms with E-state index < -0.39 is 0 Å². The first-order valence-electron chi connectivity index (χ1n) is 7.92. The molecule has 0 saturated heterocycles. The Bertz CT molecular complexity index is 581. The second-order valence-corrected chi connectivity index (χ2v) is 5.27. The van der Waals surface area contributed by atoms with Gasteiger partial charge in [-0.3, -0.25) is 4.79 Å². The van der Waals surface area contributed by atoms with E-state index in [0.717, 1.165) is 18.5 Å². The van der Waals surface area contributed by atoms with Gasteiger partial charge >= 0.3 is 0 Å². The summed E-state index contributed by atoms with van der Waals surface area (Å²) in [5.41, 5.74) is 3.66. The van der Waals surface area contributed by atoms with Crippen LogP contribution in [0.1, 0.15) is 24.5 Å². The predicted octanol–water partition coefficient (Wildman–Crippen LogP) is 3.41. The monoisotopic (exact) mass is 296 g/mol. The molecular weight excluding hydrogens is 272 g/mol. The average Bonchev–Trinajstić information content (AvgIpc) is 2.56. The molecule has 2 aromatic rings. The summed E-state index contributed by atoms with van der Waals surface area (Å²) < 4.78 is 0. The minimum Gasteiger partial charge on any atom is -0.384 e. The molecule has 1 amide bonds. The molecule has 0 saturated carbocycles. The largest absolute Gasteiger partial charge is 0.384 e. The van der Waals surface area contributed by atoms with Crippen LogP contribution in [-0.2, 0) is 17.6 Å². The van der Waals surface area contributed by atoms with Crippen LogP contribution in [0.25, 0.3) is 0 Å². The van der Waals surface area contributed by atoms with Crippen LogP contribution in [0.2, 0.25) is 0 Å². The number of carbonyl (C=O) groups excluding carboxylic acids is 1. The number of hydrogen-bond acceptors (Lipinski definition) is 2. The smallest absolute Gasteiger partial charge is 0.221 e. The lowest BCUT2D eigenvalue weighted by atomic mass is 10.1. The predicted molar refractivity (Wildman–Crippen MR) is 92.1 cm³/mol. The molecule has 0 aliphatic rings. The van der Waals surface area contributed by atoms with E-state index in [4.69, 9.17) is 0 Å². The van der Waals surface area contributed by atoms with Gasteiger partial charge in [0.2, 0.25) is 5.91 Å². The fourth-order valence-electron chi connectivity index (χ4n) is 2.39. The third-order valence-corrected chi connectivity index (χ3v) is 3.64. The molecule has 3 heteroatoms. The molecular formula is C19H24N2O. The van der Waals surface area contributed by atoms with Crippen molar-refractivity contribution in [2.45, 2.75) is 26.2 Å². The summed E-state index contributed by atoms with van der Waals surface area (Å²) in [5.74, 6) is 0.0948. The Balaban J connectivity index is 1.65. The highest BCUT2D eigenvalue weighted by molar-refractivity contribution is 5.76. The first-order valence-corrected chi connectivity index (χ1v) is 7.92. The Morgan fingerprint density at radius 2 is 1.68 bits per heavy atom. The molecule has 2 aromatic carbocycles. The van der Waals surface area contributed by atoms with Gasteiger partial charge in [0.1, 0.15) is 0 Å². The Hall–Kier alpha value is -2.29. The maximum absolute atomic E-state index is 11.8. The third-order valence-electron chi connectivity index (χ3n) is 3.64. The highest BCUT2D eigenvalue weighted by Gasteiger charge is 2.02. The lowest BCUT2D eigenvalue weighted by Crippen LogP contribution is -2.27. The second-order valence-electron chi connectivity index (χ2n) is 5.27. The summed E-state index contributed by atoms with van der Waals surface area (Å²) >= 11 is 0. The van der Waals surface area contributed by atoms with Crippen molar-refractivity contribution in [3.8, 4) is 0 Å². The molecule has 0 atom stereocenters. The molecule has 116 valence electrons. The van der Waals surface area contributed by atoms with Gasteiger partial charge in [0, 0.05) is 25.2 Å². The van der Waals surface area contributed by atoms with Crippen LogP contribution in [0, 0.1) is 0 Å². The van der Waals surface area contributed by atoms with Crippen molar-refractivity contribution in [2.24, 2.45) is 0 Å². The van der Waals surface area contributed by atoms with Gasteiger partial charge in [0.25, 0.3) is 0 Å². The summed E-state index contributed by atoms with van der Waals surface area (Å²) in [6, 6.07) is 18.4. The van der Waals surface area contributed by atoms with E-state index in [0.29, 0.717) is 19.5 Å². The zero-order valence-corrected chi connectivity index (χ0v) is 13.1. The SMILES string of the molecule is CCc1ccccc1NCCC(=O)NCCc1ccccc1. The lowest BCUT2D eigenvalue weighted by Gasteiger charge is -2.11. The van der Waals surface area contributed by atoms with E-state index in [2.05, 4.69) is 41.8 Å². The minimum atomic E-state index is 0.0948. The highest BCUT2D eigenvalue weighted by atomic mass is 16.1. The molecule has 0 aliphatic carbocycles. The van der Waals surface area contributed by atoms with Crippen LogP contribution in [-0.4, -0.2) is 19.0 Å². The van der Waals surface area contributed by atoms with E-state index >= 15 is 0 Å². The summed E-state index contributed by atoms with van der Waals surface area (Å²) in [6.45, 7) is 3.49. The van der Waals surface area contributed by atoms with Crippen molar-refractivity contribution < 1.29 is 4.79 Å². The lowest BCUT2D eigenvalue weighted by molar-refractivity contribution is -0.120. The molecule has 2 N–H and O–H groups in total. The minimum absolute atomic E-state index is 0.0948. The number of nitrogens with one attached hydrogen (secondary N) is 2. The Kier molecular flexibility index (Phi) is 6.49. The Morgan fingerprint density at radius 1 is 0.955 bits per heavy atom. The summed E-state index contributed by atoms with van der Waals surface area (Å²) in [5, 5.41) is 6.31. The van der Waals surface area contributed by atoms with Gasteiger partial charge in [-0.15, -0.1) is 0 Å². The van der Waals surface area contributed by atoms with Crippen molar-refractivity contribution in [1.82, 2.24) is 5.32 Å². The van der Waals surface area contributed by atoms with Crippen LogP contribution in [0.15, 0.2) is 54.6 Å². The summed E-state index contributed by atoms with van der Waals surface area (Å²) in [7, 11) is 0. The third kappa shape index (κ3) is 5.24. The van der Waals surface area contributed by atoms with Crippen LogP contribution in [0.3, 0.4) is 0 Å². The van der Waals surface area contributed by atoms with E-state index in [-0.39, 0.29) is 5.91 Å². The molecule has 2 rings (SSSR count). The van der Waals surface area contributed by atoms with Crippen LogP contribution in [0.4, 0.5) is 5.69 Å². The van der Waals surface area contributed by atoms with Gasteiger partial charge < -0.3 is 10.6 Å². The van der Waals surface area contributed by atoms with Crippen molar-refractivity contribution in [1.29, 1.82) is 0 Å². The first-order chi connectivity index (χ1) is 10.8. The average molecular weight is 296 g/mol. The molecule has 0 unspecified atom stereocenters. The highest BCUT2D eigenvalue weighted by Crippen LogP contribution is 2.14. The number of aryl methyl sites for hydroxylation is 1. The van der Waals surface area contributed by atoms with Gasteiger partial charge in [0.05, 0.1) is 0 Å². The number of hydrogen-bond donors (Lipinski definition) is 2. The van der Waals surface area contributed by atoms with Gasteiger partial charge in [-0.25, -0.2) is 0 Å². The number of para-hydroxylation sites is 1. The van der Waals surface area contributed by atoms with Crippen LogP contribution >= 0.6 is 0 Å². The van der Waals surface area contributed by atoms with Crippen molar-refractivity contribution in [3.05, 3.63) is 65.7 Å². The van der Waals surface area contributed by atoms with Crippen molar-refractivity contribution in [2.75, 3.05) is 18.4 Å². The molecule has 0 bridgehead atoms. The van der Waals surface area contributed by atoms with E-state index in [1.165, 1.54) is 11.1 Å². The topological polar surface area (TPSA) is 41.1 Å². The first kappa shape index (κ1) is 16.1. The number of amides is 1. The fraction of sp³-hybridized carbons (Fsp3) is 0.316. The molecule has 0 heterocycles. The van der Waals surface area contributed by atoms with Crippen molar-refractivity contribution in [3.63, 3.8) is 0 Å². The van der Waals surface area contributed by atoms with Gasteiger partial charge in [-0.1, -0.05) is 55.5 Å². The molecule has 0 aliphatic heterocycles. The van der Waals surface area contributed by atoms with E-state index in [1.807, 2.05) is 30.3 Å².